The van der Waals surface area contributed by atoms with Gasteiger partial charge in [-0.3, -0.25) is 4.79 Å². The maximum absolute atomic E-state index is 14.1. The van der Waals surface area contributed by atoms with E-state index in [0.29, 0.717) is 37.9 Å². The number of benzene rings is 3. The highest BCUT2D eigenvalue weighted by molar-refractivity contribution is 5.89. The number of aryl methyl sites for hydroxylation is 1. The van der Waals surface area contributed by atoms with E-state index in [4.69, 9.17) is 14.2 Å². The van der Waals surface area contributed by atoms with Gasteiger partial charge in [-0.25, -0.2) is 0 Å². The highest BCUT2D eigenvalue weighted by atomic mass is 16.5. The first-order chi connectivity index (χ1) is 20.7. The van der Waals surface area contributed by atoms with Gasteiger partial charge in [0.05, 0.1) is 12.1 Å². The summed E-state index contributed by atoms with van der Waals surface area (Å²) in [4.78, 5) is 14.1. The van der Waals surface area contributed by atoms with Crippen LogP contribution in [-0.2, 0) is 19.8 Å². The van der Waals surface area contributed by atoms with Crippen molar-refractivity contribution < 1.29 is 14.2 Å². The van der Waals surface area contributed by atoms with Gasteiger partial charge in [0.15, 0.2) is 5.75 Å². The monoisotopic (exact) mass is 569 g/mol. The zero-order valence-electron chi connectivity index (χ0n) is 25.5. The van der Waals surface area contributed by atoms with Gasteiger partial charge in [0.25, 0.3) is 5.56 Å². The summed E-state index contributed by atoms with van der Waals surface area (Å²) < 4.78 is 20.7. The number of hydrogen-bond acceptors (Lipinski definition) is 4. The Bertz CT molecular complexity index is 1400. The van der Waals surface area contributed by atoms with Gasteiger partial charge >= 0.3 is 0 Å². The van der Waals surface area contributed by atoms with Crippen LogP contribution in [0.25, 0.3) is 10.9 Å². The minimum Gasteiger partial charge on any atom is -0.489 e. The number of pyridine rings is 1. The Kier molecular flexibility index (Phi) is 12.8. The van der Waals surface area contributed by atoms with E-state index in [0.717, 1.165) is 66.3 Å². The number of hydrogen-bond donors (Lipinski definition) is 0. The van der Waals surface area contributed by atoms with E-state index < -0.39 is 0 Å². The highest BCUT2D eigenvalue weighted by Gasteiger charge is 2.21. The second kappa shape index (κ2) is 17.3. The van der Waals surface area contributed by atoms with Gasteiger partial charge in [-0.15, -0.1) is 0 Å². The molecule has 0 spiro atoms. The van der Waals surface area contributed by atoms with Crippen LogP contribution < -0.4 is 19.8 Å². The standard InChI is InChI=1S/C37H47NO4/c1-3-5-7-9-10-18-26-40-36-35(42-29-31-21-15-12-16-22-31)33-24-23-32(41-28-30-19-13-11-14-20-30)27-34(33)38(37(36)39)25-17-8-6-4-2/h11-16,19-24,27H,3-10,17-18,25-26,28-29H2,1-2H3. The fourth-order valence-electron chi connectivity index (χ4n) is 5.18. The number of nitrogens with zero attached hydrogens (tertiary/aromatic N) is 1. The molecule has 1 aromatic heterocycles. The second-order valence-corrected chi connectivity index (χ2v) is 11.0. The number of unbranched alkanes of at least 4 members (excludes halogenated alkanes) is 8. The minimum atomic E-state index is -0.131. The number of aromatic nitrogens is 1. The van der Waals surface area contributed by atoms with Crippen molar-refractivity contribution in [2.75, 3.05) is 6.61 Å². The summed E-state index contributed by atoms with van der Waals surface area (Å²) in [7, 11) is 0. The SMILES string of the molecule is CCCCCCCCOc1c(OCc2ccccc2)c2ccc(OCc3ccccc3)cc2n(CCCCCC)c1=O. The van der Waals surface area contributed by atoms with Crippen LogP contribution in [0.4, 0.5) is 0 Å². The molecule has 0 aliphatic carbocycles. The Hall–Kier alpha value is -3.73. The van der Waals surface area contributed by atoms with E-state index >= 15 is 0 Å². The first-order valence-electron chi connectivity index (χ1n) is 15.9. The Morgan fingerprint density at radius 3 is 1.86 bits per heavy atom. The molecule has 0 unspecified atom stereocenters. The molecular weight excluding hydrogens is 522 g/mol. The zero-order valence-corrected chi connectivity index (χ0v) is 25.5. The summed E-state index contributed by atoms with van der Waals surface area (Å²) in [5, 5.41) is 0.867. The highest BCUT2D eigenvalue weighted by Crippen LogP contribution is 2.36. The summed E-state index contributed by atoms with van der Waals surface area (Å²) in [5.41, 5.74) is 2.82. The predicted octanol–water partition coefficient (Wildman–Crippen LogP) is 9.48. The van der Waals surface area contributed by atoms with E-state index in [9.17, 15) is 4.79 Å². The molecule has 0 fully saturated rings. The summed E-state index contributed by atoms with van der Waals surface area (Å²) in [6.45, 7) is 6.38. The van der Waals surface area contributed by atoms with Crippen LogP contribution >= 0.6 is 0 Å². The second-order valence-electron chi connectivity index (χ2n) is 11.0. The zero-order chi connectivity index (χ0) is 29.4. The lowest BCUT2D eigenvalue weighted by Crippen LogP contribution is -2.24. The minimum absolute atomic E-state index is 0.131. The van der Waals surface area contributed by atoms with Crippen molar-refractivity contribution >= 4 is 10.9 Å². The lowest BCUT2D eigenvalue weighted by molar-refractivity contribution is 0.255. The van der Waals surface area contributed by atoms with Crippen LogP contribution in [0.3, 0.4) is 0 Å². The quantitative estimate of drug-likeness (QED) is 0.106. The molecule has 0 N–H and O–H groups in total. The van der Waals surface area contributed by atoms with Gasteiger partial charge in [-0.2, -0.15) is 0 Å². The van der Waals surface area contributed by atoms with Crippen LogP contribution in [0.2, 0.25) is 0 Å². The predicted molar refractivity (Wildman–Crippen MR) is 173 cm³/mol. The summed E-state index contributed by atoms with van der Waals surface area (Å²) >= 11 is 0. The van der Waals surface area contributed by atoms with Crippen molar-refractivity contribution in [3.8, 4) is 17.2 Å². The van der Waals surface area contributed by atoms with Crippen molar-refractivity contribution in [3.63, 3.8) is 0 Å². The van der Waals surface area contributed by atoms with Gasteiger partial charge in [0, 0.05) is 18.0 Å². The Morgan fingerprint density at radius 1 is 0.595 bits per heavy atom. The van der Waals surface area contributed by atoms with Crippen molar-refractivity contribution in [1.82, 2.24) is 4.57 Å². The van der Waals surface area contributed by atoms with Crippen LogP contribution in [0.5, 0.6) is 17.2 Å². The van der Waals surface area contributed by atoms with Crippen molar-refractivity contribution in [2.24, 2.45) is 0 Å². The van der Waals surface area contributed by atoms with Gasteiger partial charge < -0.3 is 18.8 Å². The third kappa shape index (κ3) is 9.14. The first-order valence-corrected chi connectivity index (χ1v) is 15.9. The molecule has 0 radical (unpaired) electrons. The Morgan fingerprint density at radius 2 is 1.19 bits per heavy atom. The van der Waals surface area contributed by atoms with E-state index in [2.05, 4.69) is 13.8 Å². The molecule has 5 heteroatoms. The normalized spacial score (nSPS) is 11.1. The summed E-state index contributed by atoms with van der Waals surface area (Å²) in [6, 6.07) is 26.1. The maximum Gasteiger partial charge on any atom is 0.297 e. The van der Waals surface area contributed by atoms with Gasteiger partial charge in [-0.05, 0) is 36.1 Å². The van der Waals surface area contributed by atoms with Crippen molar-refractivity contribution in [2.45, 2.75) is 97.8 Å². The lowest BCUT2D eigenvalue weighted by atomic mass is 10.1. The molecule has 0 saturated carbocycles. The topological polar surface area (TPSA) is 49.7 Å². The third-order valence-corrected chi connectivity index (χ3v) is 7.60. The maximum atomic E-state index is 14.1. The van der Waals surface area contributed by atoms with E-state index in [1.165, 1.54) is 25.7 Å². The Balaban J connectivity index is 1.67. The van der Waals surface area contributed by atoms with Crippen molar-refractivity contribution in [1.29, 1.82) is 0 Å². The average molecular weight is 570 g/mol. The van der Waals surface area contributed by atoms with E-state index in [1.807, 2.05) is 83.4 Å². The molecule has 224 valence electrons. The van der Waals surface area contributed by atoms with Gasteiger partial charge in [0.2, 0.25) is 5.75 Å². The largest absolute Gasteiger partial charge is 0.489 e. The number of fused-ring (bicyclic) bond motifs is 1. The van der Waals surface area contributed by atoms with Crippen LogP contribution in [0, 0.1) is 0 Å². The van der Waals surface area contributed by atoms with Crippen molar-refractivity contribution in [3.05, 3.63) is 100 Å². The molecule has 3 aromatic carbocycles. The number of ether oxygens (including phenoxy) is 3. The molecule has 1 heterocycles. The fourth-order valence-corrected chi connectivity index (χ4v) is 5.18. The molecule has 0 aliphatic rings. The molecule has 4 aromatic rings. The molecule has 5 nitrogen and oxygen atoms in total. The van der Waals surface area contributed by atoms with Crippen LogP contribution in [0.1, 0.15) is 89.2 Å². The average Bonchev–Trinajstić information content (AvgIpc) is 3.03. The van der Waals surface area contributed by atoms with Gasteiger partial charge in [0.1, 0.15) is 19.0 Å². The smallest absolute Gasteiger partial charge is 0.297 e. The molecule has 4 rings (SSSR count). The van der Waals surface area contributed by atoms with Crippen LogP contribution in [-0.4, -0.2) is 11.2 Å². The van der Waals surface area contributed by atoms with Crippen LogP contribution in [0.15, 0.2) is 83.7 Å². The lowest BCUT2D eigenvalue weighted by Gasteiger charge is -2.20. The van der Waals surface area contributed by atoms with Gasteiger partial charge in [-0.1, -0.05) is 126 Å². The molecular formula is C37H47NO4. The van der Waals surface area contributed by atoms with E-state index in [-0.39, 0.29) is 5.56 Å². The number of rotatable bonds is 19. The fraction of sp³-hybridized carbons (Fsp3) is 0.432. The molecule has 0 saturated heterocycles. The summed E-state index contributed by atoms with van der Waals surface area (Å²) in [6.07, 6.45) is 11.3. The molecule has 0 aliphatic heterocycles. The van der Waals surface area contributed by atoms with E-state index in [1.54, 1.807) is 0 Å². The Labute approximate surface area is 251 Å². The molecule has 0 amide bonds. The first kappa shape index (κ1) is 31.2. The summed E-state index contributed by atoms with van der Waals surface area (Å²) in [5.74, 6) is 1.56. The molecule has 0 bridgehead atoms. The third-order valence-electron chi connectivity index (χ3n) is 7.60. The molecule has 42 heavy (non-hydrogen) atoms. The molecule has 0 atom stereocenters.